The number of hydrogen-bond acceptors (Lipinski definition) is 5. The molecule has 0 saturated carbocycles. The Bertz CT molecular complexity index is 1020. The maximum absolute atomic E-state index is 13.2. The highest BCUT2D eigenvalue weighted by atomic mass is 16.5. The van der Waals surface area contributed by atoms with E-state index in [2.05, 4.69) is 35.9 Å². The minimum Gasteiger partial charge on any atom is -0.497 e. The van der Waals surface area contributed by atoms with Gasteiger partial charge in [0.05, 0.1) is 12.8 Å². The van der Waals surface area contributed by atoms with E-state index in [1.807, 2.05) is 37.3 Å². The molecule has 2 heterocycles. The number of hydrogen-bond donors (Lipinski definition) is 0. The van der Waals surface area contributed by atoms with Crippen molar-refractivity contribution in [3.8, 4) is 16.9 Å². The summed E-state index contributed by atoms with van der Waals surface area (Å²) < 4.78 is 5.32. The summed E-state index contributed by atoms with van der Waals surface area (Å²) in [6.07, 6.45) is 6.76. The maximum atomic E-state index is 13.2. The second-order valence-electron chi connectivity index (χ2n) is 9.69. The van der Waals surface area contributed by atoms with E-state index in [0.717, 1.165) is 73.7 Å². The van der Waals surface area contributed by atoms with E-state index in [0.29, 0.717) is 11.8 Å². The van der Waals surface area contributed by atoms with Gasteiger partial charge >= 0.3 is 0 Å². The molecule has 33 heavy (non-hydrogen) atoms. The van der Waals surface area contributed by atoms with E-state index >= 15 is 0 Å². The van der Waals surface area contributed by atoms with E-state index < -0.39 is 0 Å². The molecular weight excluding hydrogens is 412 g/mol. The first-order chi connectivity index (χ1) is 15.9. The zero-order valence-corrected chi connectivity index (χ0v) is 20.6. The van der Waals surface area contributed by atoms with Crippen LogP contribution in [0.1, 0.15) is 57.6 Å². The van der Waals surface area contributed by atoms with Gasteiger partial charge in [-0.05, 0) is 63.6 Å². The van der Waals surface area contributed by atoms with Gasteiger partial charge in [0.2, 0.25) is 11.9 Å². The Balaban J connectivity index is 1.52. The molecule has 2 aromatic rings. The maximum Gasteiger partial charge on any atom is 0.226 e. The van der Waals surface area contributed by atoms with Crippen LogP contribution in [-0.4, -0.2) is 55.1 Å². The lowest BCUT2D eigenvalue weighted by Gasteiger charge is -2.36. The third kappa shape index (κ3) is 5.05. The average molecular weight is 449 g/mol. The number of carbonyl (C=O) groups is 1. The van der Waals surface area contributed by atoms with Crippen molar-refractivity contribution in [1.82, 2.24) is 14.9 Å². The normalized spacial score (nSPS) is 19.5. The summed E-state index contributed by atoms with van der Waals surface area (Å²) in [6.45, 7) is 5.97. The third-order valence-electron chi connectivity index (χ3n) is 7.30. The zero-order chi connectivity index (χ0) is 23.5. The molecule has 1 saturated heterocycles. The van der Waals surface area contributed by atoms with E-state index in [4.69, 9.17) is 9.72 Å². The third-order valence-corrected chi connectivity index (χ3v) is 7.30. The van der Waals surface area contributed by atoms with Gasteiger partial charge in [0.15, 0.2) is 0 Å². The van der Waals surface area contributed by atoms with E-state index in [1.54, 1.807) is 7.11 Å². The van der Waals surface area contributed by atoms with Crippen LogP contribution < -0.4 is 9.64 Å². The second-order valence-corrected chi connectivity index (χ2v) is 9.69. The fourth-order valence-electron chi connectivity index (χ4n) is 5.00. The number of ether oxygens (including phenoxy) is 1. The lowest BCUT2D eigenvalue weighted by Crippen LogP contribution is -2.42. The Hall–Kier alpha value is -2.89. The van der Waals surface area contributed by atoms with Crippen molar-refractivity contribution in [3.05, 3.63) is 47.3 Å². The Morgan fingerprint density at radius 3 is 2.36 bits per heavy atom. The van der Waals surface area contributed by atoms with Gasteiger partial charge in [0, 0.05) is 50.8 Å². The average Bonchev–Trinajstić information content (AvgIpc) is 2.85. The molecule has 6 nitrogen and oxygen atoms in total. The first-order valence-corrected chi connectivity index (χ1v) is 12.0. The fraction of sp³-hybridized carbons (Fsp3) is 0.519. The summed E-state index contributed by atoms with van der Waals surface area (Å²) in [4.78, 5) is 26.8. The molecule has 1 amide bonds. The number of amides is 1. The number of methoxy groups -OCH3 is 1. The van der Waals surface area contributed by atoms with Gasteiger partial charge in [-0.1, -0.05) is 23.3 Å². The van der Waals surface area contributed by atoms with Crippen LogP contribution in [0, 0.1) is 5.92 Å². The topological polar surface area (TPSA) is 58.6 Å². The molecule has 1 fully saturated rings. The zero-order valence-electron chi connectivity index (χ0n) is 20.6. The van der Waals surface area contributed by atoms with Crippen LogP contribution >= 0.6 is 0 Å². The molecule has 1 aliphatic carbocycles. The lowest BCUT2D eigenvalue weighted by atomic mass is 9.83. The Labute approximate surface area is 197 Å². The Morgan fingerprint density at radius 1 is 1.06 bits per heavy atom. The summed E-state index contributed by atoms with van der Waals surface area (Å²) in [7, 11) is 5.61. The number of likely N-dealkylation sites (tertiary alicyclic amines) is 1. The second kappa shape index (κ2) is 9.94. The van der Waals surface area contributed by atoms with Crippen LogP contribution in [0.5, 0.6) is 5.75 Å². The molecule has 6 heteroatoms. The summed E-state index contributed by atoms with van der Waals surface area (Å²) in [5, 5.41) is 0. The Morgan fingerprint density at radius 2 is 1.76 bits per heavy atom. The smallest absolute Gasteiger partial charge is 0.226 e. The number of rotatable bonds is 5. The van der Waals surface area contributed by atoms with Crippen molar-refractivity contribution in [2.45, 2.75) is 51.9 Å². The molecule has 2 aliphatic rings. The number of nitrogens with zero attached hydrogens (tertiary/aromatic N) is 4. The molecule has 176 valence electrons. The number of piperidine rings is 1. The monoisotopic (exact) mass is 448 g/mol. The first kappa shape index (κ1) is 23.3. The van der Waals surface area contributed by atoms with Gasteiger partial charge in [-0.25, -0.2) is 9.97 Å². The van der Waals surface area contributed by atoms with E-state index in [9.17, 15) is 4.79 Å². The molecule has 1 aliphatic heterocycles. The van der Waals surface area contributed by atoms with Crippen molar-refractivity contribution in [2.75, 3.05) is 39.2 Å². The molecule has 0 unspecified atom stereocenters. The standard InChI is InChI=1S/C27H36N4O2/c1-18-6-7-22(16-19(18)2)26(32)31-14-12-21(13-15-31)25-24(17-28-27(29-25)30(3)4)20-8-10-23(33-5)11-9-20/h8-11,17,21-22H,6-7,12-16H2,1-5H3/t22-/m1/s1. The Kier molecular flexibility index (Phi) is 7.01. The van der Waals surface area contributed by atoms with Crippen molar-refractivity contribution < 1.29 is 9.53 Å². The fourth-order valence-corrected chi connectivity index (χ4v) is 5.00. The van der Waals surface area contributed by atoms with Gasteiger partial charge < -0.3 is 14.5 Å². The summed E-state index contributed by atoms with van der Waals surface area (Å²) in [6, 6.07) is 8.08. The van der Waals surface area contributed by atoms with Crippen LogP contribution in [0.3, 0.4) is 0 Å². The van der Waals surface area contributed by atoms with Crippen LogP contribution in [-0.2, 0) is 4.79 Å². The lowest BCUT2D eigenvalue weighted by molar-refractivity contribution is -0.137. The van der Waals surface area contributed by atoms with Crippen LogP contribution in [0.15, 0.2) is 41.6 Å². The quantitative estimate of drug-likeness (QED) is 0.599. The van der Waals surface area contributed by atoms with Crippen LogP contribution in [0.4, 0.5) is 5.95 Å². The van der Waals surface area contributed by atoms with Crippen molar-refractivity contribution >= 4 is 11.9 Å². The first-order valence-electron chi connectivity index (χ1n) is 12.0. The van der Waals surface area contributed by atoms with Crippen molar-refractivity contribution in [2.24, 2.45) is 5.92 Å². The molecule has 4 rings (SSSR count). The van der Waals surface area contributed by atoms with Gasteiger partial charge in [0.25, 0.3) is 0 Å². The molecule has 1 aromatic carbocycles. The predicted molar refractivity (Wildman–Crippen MR) is 133 cm³/mol. The molecule has 0 bridgehead atoms. The number of anilines is 1. The minimum absolute atomic E-state index is 0.152. The molecule has 1 aromatic heterocycles. The highest BCUT2D eigenvalue weighted by Crippen LogP contribution is 2.37. The van der Waals surface area contributed by atoms with Gasteiger partial charge in [0.1, 0.15) is 5.75 Å². The van der Waals surface area contributed by atoms with Gasteiger partial charge in [-0.2, -0.15) is 0 Å². The summed E-state index contributed by atoms with van der Waals surface area (Å²) in [5.74, 6) is 2.36. The van der Waals surface area contributed by atoms with Crippen LogP contribution in [0.25, 0.3) is 11.1 Å². The highest BCUT2D eigenvalue weighted by molar-refractivity contribution is 5.79. The van der Waals surface area contributed by atoms with Gasteiger partial charge in [-0.3, -0.25) is 4.79 Å². The highest BCUT2D eigenvalue weighted by Gasteiger charge is 2.32. The van der Waals surface area contributed by atoms with E-state index in [1.165, 1.54) is 11.1 Å². The number of benzene rings is 1. The van der Waals surface area contributed by atoms with Crippen LogP contribution in [0.2, 0.25) is 0 Å². The van der Waals surface area contributed by atoms with Gasteiger partial charge in [-0.15, -0.1) is 0 Å². The summed E-state index contributed by atoms with van der Waals surface area (Å²) in [5.41, 5.74) is 6.10. The number of aromatic nitrogens is 2. The molecule has 0 N–H and O–H groups in total. The molecule has 0 spiro atoms. The predicted octanol–water partition coefficient (Wildman–Crippen LogP) is 5.06. The summed E-state index contributed by atoms with van der Waals surface area (Å²) >= 11 is 0. The minimum atomic E-state index is 0.152. The molecule has 1 atom stereocenters. The van der Waals surface area contributed by atoms with Crippen molar-refractivity contribution in [1.29, 1.82) is 0 Å². The van der Waals surface area contributed by atoms with Crippen molar-refractivity contribution in [3.63, 3.8) is 0 Å². The molecule has 0 radical (unpaired) electrons. The largest absolute Gasteiger partial charge is 0.497 e. The number of carbonyl (C=O) groups excluding carboxylic acids is 1. The molecular formula is C27H36N4O2. The number of allylic oxidation sites excluding steroid dienone is 2. The SMILES string of the molecule is COc1ccc(-c2cnc(N(C)C)nc2C2CCN(C(=O)[C@@H]3CCC(C)=C(C)C3)CC2)cc1. The van der Waals surface area contributed by atoms with E-state index in [-0.39, 0.29) is 5.92 Å².